The van der Waals surface area contributed by atoms with Crippen LogP contribution in [0.1, 0.15) is 17.3 Å². The summed E-state index contributed by atoms with van der Waals surface area (Å²) >= 11 is 0. The molecule has 0 heterocycles. The van der Waals surface area contributed by atoms with Crippen LogP contribution in [0.5, 0.6) is 0 Å². The molecule has 0 fully saturated rings. The number of primary amides is 1. The minimum atomic E-state index is -0.702. The summed E-state index contributed by atoms with van der Waals surface area (Å²) in [5.41, 5.74) is 7.45. The number of carbonyl (C=O) groups excluding carboxylic acids is 2. The lowest BCUT2D eigenvalue weighted by Gasteiger charge is -2.13. The summed E-state index contributed by atoms with van der Waals surface area (Å²) in [4.78, 5) is 23.3. The first-order chi connectivity index (χ1) is 9.59. The molecule has 1 atom stereocenters. The molecule has 0 aliphatic carbocycles. The summed E-state index contributed by atoms with van der Waals surface area (Å²) in [6.07, 6.45) is 0. The van der Waals surface area contributed by atoms with Gasteiger partial charge in [-0.3, -0.25) is 9.59 Å². The maximum atomic E-state index is 12.2. The van der Waals surface area contributed by atoms with Crippen molar-refractivity contribution in [2.24, 2.45) is 5.73 Å². The molecule has 0 aliphatic rings. The SMILES string of the molecule is C[C@@H](NC(=O)c1ccccc1-c1ccccc1)C(N)=O. The molecule has 4 heteroatoms. The van der Waals surface area contributed by atoms with Gasteiger partial charge in [0.15, 0.2) is 0 Å². The summed E-state index contributed by atoms with van der Waals surface area (Å²) < 4.78 is 0. The highest BCUT2D eigenvalue weighted by molar-refractivity contribution is 6.02. The molecule has 0 aliphatic heterocycles. The lowest BCUT2D eigenvalue weighted by molar-refractivity contribution is -0.119. The number of hydrogen-bond acceptors (Lipinski definition) is 2. The molecule has 0 bridgehead atoms. The van der Waals surface area contributed by atoms with Crippen LogP contribution in [0.15, 0.2) is 54.6 Å². The van der Waals surface area contributed by atoms with E-state index in [1.165, 1.54) is 0 Å². The van der Waals surface area contributed by atoms with E-state index in [2.05, 4.69) is 5.32 Å². The van der Waals surface area contributed by atoms with Crippen LogP contribution in [-0.2, 0) is 4.79 Å². The lowest BCUT2D eigenvalue weighted by Crippen LogP contribution is -2.42. The first-order valence-corrected chi connectivity index (χ1v) is 6.34. The summed E-state index contributed by atoms with van der Waals surface area (Å²) in [6.45, 7) is 1.56. The van der Waals surface area contributed by atoms with Crippen LogP contribution in [0.2, 0.25) is 0 Å². The fourth-order valence-corrected chi connectivity index (χ4v) is 1.90. The lowest BCUT2D eigenvalue weighted by atomic mass is 9.99. The quantitative estimate of drug-likeness (QED) is 0.889. The number of amides is 2. The third-order valence-corrected chi connectivity index (χ3v) is 3.03. The number of carbonyl (C=O) groups is 2. The second-order valence-electron chi connectivity index (χ2n) is 4.51. The smallest absolute Gasteiger partial charge is 0.252 e. The highest BCUT2D eigenvalue weighted by Crippen LogP contribution is 2.23. The van der Waals surface area contributed by atoms with E-state index in [1.54, 1.807) is 19.1 Å². The second kappa shape index (κ2) is 6.02. The van der Waals surface area contributed by atoms with Gasteiger partial charge in [0.05, 0.1) is 0 Å². The Morgan fingerprint density at radius 3 is 2.25 bits per heavy atom. The second-order valence-corrected chi connectivity index (χ2v) is 4.51. The van der Waals surface area contributed by atoms with Crippen molar-refractivity contribution in [1.29, 1.82) is 0 Å². The normalized spacial score (nSPS) is 11.7. The molecule has 3 N–H and O–H groups in total. The standard InChI is InChI=1S/C16H16N2O2/c1-11(15(17)19)18-16(20)14-10-6-5-9-13(14)12-7-3-2-4-8-12/h2-11H,1H3,(H2,17,19)(H,18,20)/t11-/m1/s1. The molecule has 0 saturated carbocycles. The van der Waals surface area contributed by atoms with Crippen LogP contribution < -0.4 is 11.1 Å². The van der Waals surface area contributed by atoms with E-state index < -0.39 is 11.9 Å². The van der Waals surface area contributed by atoms with Gasteiger partial charge in [-0.05, 0) is 24.1 Å². The van der Waals surface area contributed by atoms with Crippen LogP contribution >= 0.6 is 0 Å². The van der Waals surface area contributed by atoms with Gasteiger partial charge in [-0.15, -0.1) is 0 Å². The number of nitrogens with two attached hydrogens (primary N) is 1. The summed E-state index contributed by atoms with van der Waals surface area (Å²) in [5, 5.41) is 2.59. The molecule has 0 unspecified atom stereocenters. The zero-order valence-electron chi connectivity index (χ0n) is 11.2. The Labute approximate surface area is 117 Å². The van der Waals surface area contributed by atoms with Gasteiger partial charge in [-0.1, -0.05) is 48.5 Å². The fourth-order valence-electron chi connectivity index (χ4n) is 1.90. The number of rotatable bonds is 4. The predicted molar refractivity (Wildman–Crippen MR) is 78.0 cm³/mol. The van der Waals surface area contributed by atoms with Gasteiger partial charge in [0.1, 0.15) is 6.04 Å². The van der Waals surface area contributed by atoms with E-state index in [0.717, 1.165) is 11.1 Å². The van der Waals surface area contributed by atoms with Crippen molar-refractivity contribution in [3.63, 3.8) is 0 Å². The molecule has 20 heavy (non-hydrogen) atoms. The van der Waals surface area contributed by atoms with Gasteiger partial charge in [-0.25, -0.2) is 0 Å². The molecule has 2 aromatic carbocycles. The van der Waals surface area contributed by atoms with Crippen molar-refractivity contribution in [2.45, 2.75) is 13.0 Å². The summed E-state index contributed by atoms with van der Waals surface area (Å²) in [5.74, 6) is -0.869. The van der Waals surface area contributed by atoms with Gasteiger partial charge >= 0.3 is 0 Å². The van der Waals surface area contributed by atoms with Crippen LogP contribution in [0.3, 0.4) is 0 Å². The van der Waals surface area contributed by atoms with Gasteiger partial charge in [-0.2, -0.15) is 0 Å². The Morgan fingerprint density at radius 2 is 1.60 bits per heavy atom. The molecule has 102 valence electrons. The molecule has 4 nitrogen and oxygen atoms in total. The fraction of sp³-hybridized carbons (Fsp3) is 0.125. The Kier molecular flexibility index (Phi) is 4.15. The van der Waals surface area contributed by atoms with Crippen LogP contribution in [0.4, 0.5) is 0 Å². The van der Waals surface area contributed by atoms with Gasteiger partial charge in [0.25, 0.3) is 5.91 Å². The molecule has 2 amide bonds. The van der Waals surface area contributed by atoms with E-state index in [4.69, 9.17) is 5.73 Å². The van der Waals surface area contributed by atoms with Crippen LogP contribution in [0, 0.1) is 0 Å². The van der Waals surface area contributed by atoms with Crippen molar-refractivity contribution < 1.29 is 9.59 Å². The first kappa shape index (κ1) is 13.8. The van der Waals surface area contributed by atoms with Gasteiger partial charge in [0, 0.05) is 5.56 Å². The van der Waals surface area contributed by atoms with Gasteiger partial charge in [0.2, 0.25) is 5.91 Å². The first-order valence-electron chi connectivity index (χ1n) is 6.34. The molecule has 0 saturated heterocycles. The number of hydrogen-bond donors (Lipinski definition) is 2. The molecule has 0 aromatic heterocycles. The molecule has 2 aromatic rings. The largest absolute Gasteiger partial charge is 0.368 e. The van der Waals surface area contributed by atoms with E-state index in [9.17, 15) is 9.59 Å². The Balaban J connectivity index is 2.33. The summed E-state index contributed by atoms with van der Waals surface area (Å²) in [6, 6.07) is 16.2. The van der Waals surface area contributed by atoms with Crippen molar-refractivity contribution in [1.82, 2.24) is 5.32 Å². The Hall–Kier alpha value is -2.62. The van der Waals surface area contributed by atoms with E-state index in [0.29, 0.717) is 5.56 Å². The van der Waals surface area contributed by atoms with Crippen LogP contribution in [0.25, 0.3) is 11.1 Å². The molecular formula is C16H16N2O2. The molecule has 0 spiro atoms. The highest BCUT2D eigenvalue weighted by atomic mass is 16.2. The third-order valence-electron chi connectivity index (χ3n) is 3.03. The number of nitrogens with one attached hydrogen (secondary N) is 1. The summed E-state index contributed by atoms with van der Waals surface area (Å²) in [7, 11) is 0. The topological polar surface area (TPSA) is 72.2 Å². The maximum Gasteiger partial charge on any atom is 0.252 e. The maximum absolute atomic E-state index is 12.2. The third kappa shape index (κ3) is 3.03. The predicted octanol–water partition coefficient (Wildman–Crippen LogP) is 1.96. The highest BCUT2D eigenvalue weighted by Gasteiger charge is 2.16. The minimum absolute atomic E-state index is 0.309. The molecule has 2 rings (SSSR count). The molecule has 0 radical (unpaired) electrons. The average molecular weight is 268 g/mol. The van der Waals surface area contributed by atoms with Crippen molar-refractivity contribution in [3.8, 4) is 11.1 Å². The zero-order chi connectivity index (χ0) is 14.5. The van der Waals surface area contributed by atoms with Crippen molar-refractivity contribution in [2.75, 3.05) is 0 Å². The molecular weight excluding hydrogens is 252 g/mol. The van der Waals surface area contributed by atoms with Crippen LogP contribution in [-0.4, -0.2) is 17.9 Å². The Morgan fingerprint density at radius 1 is 1.00 bits per heavy atom. The Bertz CT molecular complexity index is 623. The van der Waals surface area contributed by atoms with E-state index >= 15 is 0 Å². The zero-order valence-corrected chi connectivity index (χ0v) is 11.2. The monoisotopic (exact) mass is 268 g/mol. The average Bonchev–Trinajstić information content (AvgIpc) is 2.48. The number of benzene rings is 2. The van der Waals surface area contributed by atoms with Crippen molar-refractivity contribution in [3.05, 3.63) is 60.2 Å². The van der Waals surface area contributed by atoms with E-state index in [-0.39, 0.29) is 5.91 Å². The van der Waals surface area contributed by atoms with Gasteiger partial charge < -0.3 is 11.1 Å². The van der Waals surface area contributed by atoms with E-state index in [1.807, 2.05) is 42.5 Å². The van der Waals surface area contributed by atoms with Crippen molar-refractivity contribution >= 4 is 11.8 Å². The minimum Gasteiger partial charge on any atom is -0.368 e.